The number of carbonyl (C=O) groups is 1. The van der Waals surface area contributed by atoms with Gasteiger partial charge in [-0.25, -0.2) is 14.3 Å². The Morgan fingerprint density at radius 2 is 2.03 bits per heavy atom. The van der Waals surface area contributed by atoms with Crippen molar-refractivity contribution in [1.82, 2.24) is 14.6 Å². The fourth-order valence-corrected chi connectivity index (χ4v) is 5.93. The predicted molar refractivity (Wildman–Crippen MR) is 141 cm³/mol. The normalized spacial score (nSPS) is 25.0. The molecule has 0 spiro atoms. The second kappa shape index (κ2) is 13.0. The first-order chi connectivity index (χ1) is 18.4. The van der Waals surface area contributed by atoms with Gasteiger partial charge in [0.2, 0.25) is 5.79 Å². The number of alkyl halides is 1. The van der Waals surface area contributed by atoms with Gasteiger partial charge in [-0.05, 0) is 44.7 Å². The Morgan fingerprint density at radius 3 is 2.64 bits per heavy atom. The van der Waals surface area contributed by atoms with Gasteiger partial charge in [0, 0.05) is 12.3 Å². The van der Waals surface area contributed by atoms with Gasteiger partial charge < -0.3 is 28.4 Å². The number of aromatic amines is 1. The second-order valence-corrected chi connectivity index (χ2v) is 11.9. The van der Waals surface area contributed by atoms with E-state index in [1.54, 1.807) is 44.2 Å². The van der Waals surface area contributed by atoms with Crippen LogP contribution in [0.2, 0.25) is 0 Å². The Bertz CT molecular complexity index is 1350. The van der Waals surface area contributed by atoms with Gasteiger partial charge in [0.05, 0.1) is 6.10 Å². The van der Waals surface area contributed by atoms with E-state index in [1.807, 2.05) is 4.98 Å². The Labute approximate surface area is 228 Å². The van der Waals surface area contributed by atoms with Crippen molar-refractivity contribution in [3.05, 3.63) is 63.4 Å². The highest BCUT2D eigenvalue weighted by atomic mass is 32.5. The minimum absolute atomic E-state index is 0.297. The highest BCUT2D eigenvalue weighted by molar-refractivity contribution is 8.09. The third-order valence-corrected chi connectivity index (χ3v) is 7.81. The number of hydrogen-bond donors (Lipinski definition) is 3. The van der Waals surface area contributed by atoms with Gasteiger partial charge in [-0.15, -0.1) is 6.42 Å². The molecule has 39 heavy (non-hydrogen) atoms. The van der Waals surface area contributed by atoms with Crippen molar-refractivity contribution in [3.63, 3.8) is 0 Å². The number of benzene rings is 1. The number of terminal acetylenes is 1. The Morgan fingerprint density at radius 1 is 1.33 bits per heavy atom. The highest BCUT2D eigenvalue weighted by Gasteiger charge is 2.58. The van der Waals surface area contributed by atoms with Crippen molar-refractivity contribution in [2.24, 2.45) is 0 Å². The average molecular weight is 586 g/mol. The van der Waals surface area contributed by atoms with E-state index < -0.39 is 73.5 Å². The van der Waals surface area contributed by atoms with Crippen LogP contribution in [0.4, 0.5) is 4.39 Å². The van der Waals surface area contributed by atoms with Gasteiger partial charge in [-0.3, -0.25) is 19.1 Å². The Kier molecular flexibility index (Phi) is 10.2. The molecule has 3 N–H and O–H groups in total. The summed E-state index contributed by atoms with van der Waals surface area (Å²) in [4.78, 5) is 38.2. The monoisotopic (exact) mass is 585 g/mol. The maximum Gasteiger partial charge on any atom is 0.330 e. The highest BCUT2D eigenvalue weighted by Crippen LogP contribution is 2.48. The van der Waals surface area contributed by atoms with E-state index in [4.69, 9.17) is 41.5 Å². The summed E-state index contributed by atoms with van der Waals surface area (Å²) in [6.07, 6.45) is -0.0185. The second-order valence-electron chi connectivity index (χ2n) is 8.73. The molecule has 12 nitrogen and oxygen atoms in total. The zero-order chi connectivity index (χ0) is 28.8. The van der Waals surface area contributed by atoms with Gasteiger partial charge in [-0.1, -0.05) is 24.1 Å². The van der Waals surface area contributed by atoms with Crippen LogP contribution in [0.5, 0.6) is 5.75 Å². The molecular formula is C24H29FN3O9PS. The van der Waals surface area contributed by atoms with E-state index in [1.165, 1.54) is 6.92 Å². The third-order valence-electron chi connectivity index (χ3n) is 5.33. The molecule has 3 rings (SSSR count). The molecule has 15 heteroatoms. The predicted octanol–water partition coefficient (Wildman–Crippen LogP) is 1.36. The van der Waals surface area contributed by atoms with Crippen LogP contribution in [0.25, 0.3) is 0 Å². The number of aliphatic hydroxyl groups is 1. The molecule has 1 aliphatic rings. The molecule has 1 saturated heterocycles. The molecule has 6 atom stereocenters. The fraction of sp³-hybridized carbons (Fsp3) is 0.458. The standard InChI is InChI=1S/C24H29FN3O9PS/c1-5-13-33-24(20(30)19(25)21(36-24)28-12-11-18(29)26-23(28)32)14-34-38(39,37-17-9-7-6-8-10-17)27-16(4)22(31)35-15(2)3/h1,6-12,15-16,19-21,30H,13-14H2,2-4H3,(H,27,39)(H,26,29,32)/t16-,19-,20+,21-,24-,38?/m1/s1. The van der Waals surface area contributed by atoms with Gasteiger partial charge in [0.1, 0.15) is 31.1 Å². The summed E-state index contributed by atoms with van der Waals surface area (Å²) < 4.78 is 44.3. The topological polar surface area (TPSA) is 150 Å². The van der Waals surface area contributed by atoms with Crippen molar-refractivity contribution in [3.8, 4) is 18.1 Å². The molecule has 1 fully saturated rings. The molecule has 0 bridgehead atoms. The SMILES string of the molecule is C#CCO[C@]1(COP(=S)(N[C@H](C)C(=O)OC(C)C)Oc2ccccc2)O[C@@H](n2ccc(=O)[nH]c2=O)[C@H](F)[C@@H]1O. The molecule has 0 aliphatic carbocycles. The van der Waals surface area contributed by atoms with Gasteiger partial charge in [0.15, 0.2) is 12.4 Å². The Hall–Kier alpha value is -2.89. The van der Waals surface area contributed by atoms with E-state index in [9.17, 15) is 19.5 Å². The lowest BCUT2D eigenvalue weighted by Gasteiger charge is -2.34. The summed E-state index contributed by atoms with van der Waals surface area (Å²) in [5, 5.41) is 13.7. The molecule has 212 valence electrons. The summed E-state index contributed by atoms with van der Waals surface area (Å²) in [5.41, 5.74) is -1.69. The van der Waals surface area contributed by atoms with Crippen molar-refractivity contribution in [1.29, 1.82) is 0 Å². The summed E-state index contributed by atoms with van der Waals surface area (Å²) in [5.74, 6) is -0.384. The van der Waals surface area contributed by atoms with Crippen LogP contribution in [-0.4, -0.2) is 64.0 Å². The van der Waals surface area contributed by atoms with Crippen LogP contribution < -0.4 is 20.9 Å². The van der Waals surface area contributed by atoms with Gasteiger partial charge in [0.25, 0.3) is 5.56 Å². The number of nitrogens with one attached hydrogen (secondary N) is 2. The first-order valence-corrected chi connectivity index (χ1v) is 14.4. The van der Waals surface area contributed by atoms with E-state index >= 15 is 4.39 Å². The molecule has 1 aromatic heterocycles. The van der Waals surface area contributed by atoms with E-state index in [0.717, 1.165) is 16.8 Å². The molecule has 2 aromatic rings. The first kappa shape index (κ1) is 30.6. The van der Waals surface area contributed by atoms with Crippen LogP contribution in [-0.2, 0) is 35.3 Å². The molecule has 0 saturated carbocycles. The van der Waals surface area contributed by atoms with Gasteiger partial charge in [-0.2, -0.15) is 0 Å². The van der Waals surface area contributed by atoms with Gasteiger partial charge >= 0.3 is 18.3 Å². The van der Waals surface area contributed by atoms with E-state index in [0.29, 0.717) is 5.75 Å². The van der Waals surface area contributed by atoms with Crippen LogP contribution in [0.1, 0.15) is 27.0 Å². The molecule has 1 aliphatic heterocycles. The number of halogens is 1. The zero-order valence-corrected chi connectivity index (χ0v) is 23.0. The van der Waals surface area contributed by atoms with Crippen molar-refractivity contribution in [2.75, 3.05) is 13.2 Å². The summed E-state index contributed by atoms with van der Waals surface area (Å²) in [6, 6.07) is 8.33. The van der Waals surface area contributed by atoms with E-state index in [-0.39, 0.29) is 0 Å². The molecule has 1 unspecified atom stereocenters. The molecule has 1 aromatic carbocycles. The maximum absolute atomic E-state index is 15.3. The maximum atomic E-state index is 15.3. The Balaban J connectivity index is 1.91. The summed E-state index contributed by atoms with van der Waals surface area (Å²) in [7, 11) is 0. The number of ether oxygens (including phenoxy) is 3. The number of aromatic nitrogens is 2. The zero-order valence-electron chi connectivity index (χ0n) is 21.3. The molecule has 0 radical (unpaired) electrons. The number of rotatable bonds is 12. The van der Waals surface area contributed by atoms with Crippen molar-refractivity contribution in [2.45, 2.75) is 57.2 Å². The first-order valence-electron chi connectivity index (χ1n) is 11.8. The number of hydrogen-bond acceptors (Lipinski definition) is 10. The number of carbonyl (C=O) groups excluding carboxylic acids is 1. The average Bonchev–Trinajstić information content (AvgIpc) is 3.12. The third kappa shape index (κ3) is 7.61. The minimum Gasteiger partial charge on any atom is -0.462 e. The number of esters is 1. The largest absolute Gasteiger partial charge is 0.462 e. The van der Waals surface area contributed by atoms with Crippen LogP contribution in [0.3, 0.4) is 0 Å². The smallest absolute Gasteiger partial charge is 0.330 e. The number of H-pyrrole nitrogens is 1. The molecule has 2 heterocycles. The number of para-hydroxylation sites is 1. The number of nitrogens with zero attached hydrogens (tertiary/aromatic N) is 1. The van der Waals surface area contributed by atoms with E-state index in [2.05, 4.69) is 11.0 Å². The minimum atomic E-state index is -3.65. The van der Waals surface area contributed by atoms with Crippen LogP contribution in [0, 0.1) is 12.3 Å². The van der Waals surface area contributed by atoms with Crippen LogP contribution in [0.15, 0.2) is 52.2 Å². The lowest BCUT2D eigenvalue weighted by molar-refractivity contribution is -0.273. The molecular weight excluding hydrogens is 556 g/mol. The molecule has 0 amide bonds. The lowest BCUT2D eigenvalue weighted by Crippen LogP contribution is -2.49. The fourth-order valence-electron chi connectivity index (χ4n) is 3.53. The summed E-state index contributed by atoms with van der Waals surface area (Å²) >= 11 is 5.64. The lowest BCUT2D eigenvalue weighted by atomic mass is 10.1. The quantitative estimate of drug-likeness (QED) is 0.188. The van der Waals surface area contributed by atoms with Crippen molar-refractivity contribution < 1.29 is 37.5 Å². The summed E-state index contributed by atoms with van der Waals surface area (Å²) in [6.45, 7) is 0.0335. The number of aliphatic hydroxyl groups excluding tert-OH is 1. The van der Waals surface area contributed by atoms with Crippen LogP contribution >= 0.6 is 6.64 Å². The van der Waals surface area contributed by atoms with Crippen molar-refractivity contribution >= 4 is 24.4 Å².